The van der Waals surface area contributed by atoms with Crippen LogP contribution in [0.3, 0.4) is 0 Å². The molecule has 19 heavy (non-hydrogen) atoms. The number of rotatable bonds is 5. The number of aliphatic hydroxyl groups excluding tert-OH is 1. The molecule has 0 spiro atoms. The topological polar surface area (TPSA) is 38.0 Å². The van der Waals surface area contributed by atoms with Gasteiger partial charge in [0.05, 0.1) is 6.10 Å². The van der Waals surface area contributed by atoms with Crippen molar-refractivity contribution in [2.75, 3.05) is 0 Å². The van der Waals surface area contributed by atoms with E-state index in [-0.39, 0.29) is 12.0 Å². The molecule has 5 heteroatoms. The molecule has 0 radical (unpaired) electrons. The van der Waals surface area contributed by atoms with Gasteiger partial charge in [0.1, 0.15) is 0 Å². The molecule has 0 saturated heterocycles. The van der Waals surface area contributed by atoms with Gasteiger partial charge in [-0.2, -0.15) is 5.10 Å². The molecular formula is C14H16F2N2O. The summed E-state index contributed by atoms with van der Waals surface area (Å²) in [7, 11) is 1.83. The summed E-state index contributed by atoms with van der Waals surface area (Å²) in [5.74, 6) is -1.75. The van der Waals surface area contributed by atoms with Gasteiger partial charge in [-0.25, -0.2) is 8.78 Å². The van der Waals surface area contributed by atoms with E-state index in [0.29, 0.717) is 12.8 Å². The second kappa shape index (κ2) is 5.93. The second-order valence-electron chi connectivity index (χ2n) is 4.56. The molecule has 1 atom stereocenters. The Kier molecular flexibility index (Phi) is 4.27. The smallest absolute Gasteiger partial charge is 0.162 e. The summed E-state index contributed by atoms with van der Waals surface area (Å²) >= 11 is 0. The average Bonchev–Trinajstić information content (AvgIpc) is 2.78. The summed E-state index contributed by atoms with van der Waals surface area (Å²) in [6.07, 6.45) is 2.23. The van der Waals surface area contributed by atoms with Crippen LogP contribution in [0.5, 0.6) is 0 Å². The predicted octanol–water partition coefficient (Wildman–Crippen LogP) is 2.23. The Morgan fingerprint density at radius 1 is 1.32 bits per heavy atom. The third kappa shape index (κ3) is 3.38. The average molecular weight is 266 g/mol. The number of hydrogen-bond donors (Lipinski definition) is 1. The van der Waals surface area contributed by atoms with Crippen molar-refractivity contribution in [3.63, 3.8) is 0 Å². The van der Waals surface area contributed by atoms with Crippen molar-refractivity contribution in [2.24, 2.45) is 7.05 Å². The van der Waals surface area contributed by atoms with E-state index in [4.69, 9.17) is 0 Å². The van der Waals surface area contributed by atoms with E-state index in [1.165, 1.54) is 12.1 Å². The molecule has 1 aromatic carbocycles. The molecule has 2 aromatic rings. The molecule has 1 unspecified atom stereocenters. The third-order valence-corrected chi connectivity index (χ3v) is 3.14. The first-order valence-corrected chi connectivity index (χ1v) is 6.15. The van der Waals surface area contributed by atoms with E-state index < -0.39 is 17.7 Å². The largest absolute Gasteiger partial charge is 0.393 e. The van der Waals surface area contributed by atoms with Crippen LogP contribution in [0, 0.1) is 11.6 Å². The standard InChI is InChI=1S/C14H16F2N2O/c1-18-11(7-8-17-18)5-6-12(19)9-10-3-2-4-13(15)14(10)16/h2-4,7-8,12,19H,5-6,9H2,1H3. The molecule has 0 saturated carbocycles. The maximum absolute atomic E-state index is 13.4. The third-order valence-electron chi connectivity index (χ3n) is 3.14. The first-order chi connectivity index (χ1) is 9.08. The Labute approximate surface area is 110 Å². The first kappa shape index (κ1) is 13.7. The van der Waals surface area contributed by atoms with Crippen LogP contribution in [0.2, 0.25) is 0 Å². The number of hydrogen-bond acceptors (Lipinski definition) is 2. The van der Waals surface area contributed by atoms with Crippen LogP contribution in [0.4, 0.5) is 8.78 Å². The summed E-state index contributed by atoms with van der Waals surface area (Å²) in [5.41, 5.74) is 1.20. The highest BCUT2D eigenvalue weighted by atomic mass is 19.2. The number of aromatic nitrogens is 2. The minimum atomic E-state index is -0.878. The maximum atomic E-state index is 13.4. The summed E-state index contributed by atoms with van der Waals surface area (Å²) in [6.45, 7) is 0. The fraction of sp³-hybridized carbons (Fsp3) is 0.357. The molecule has 0 bridgehead atoms. The summed E-state index contributed by atoms with van der Waals surface area (Å²) in [6, 6.07) is 5.88. The highest BCUT2D eigenvalue weighted by Gasteiger charge is 2.13. The number of benzene rings is 1. The van der Waals surface area contributed by atoms with Gasteiger partial charge in [-0.1, -0.05) is 12.1 Å². The molecule has 0 aliphatic rings. The maximum Gasteiger partial charge on any atom is 0.162 e. The summed E-state index contributed by atoms with van der Waals surface area (Å²) in [4.78, 5) is 0. The molecule has 2 rings (SSSR count). The lowest BCUT2D eigenvalue weighted by Gasteiger charge is -2.11. The molecule has 0 amide bonds. The molecular weight excluding hydrogens is 250 g/mol. The highest BCUT2D eigenvalue weighted by molar-refractivity contribution is 5.19. The van der Waals surface area contributed by atoms with Gasteiger partial charge in [0, 0.05) is 25.4 Å². The van der Waals surface area contributed by atoms with Gasteiger partial charge in [0.2, 0.25) is 0 Å². The molecule has 1 aromatic heterocycles. The van der Waals surface area contributed by atoms with Crippen LogP contribution in [0.15, 0.2) is 30.5 Å². The molecule has 102 valence electrons. The fourth-order valence-corrected chi connectivity index (χ4v) is 2.02. The van der Waals surface area contributed by atoms with Crippen molar-refractivity contribution < 1.29 is 13.9 Å². The van der Waals surface area contributed by atoms with E-state index in [1.54, 1.807) is 10.9 Å². The minimum Gasteiger partial charge on any atom is -0.393 e. The quantitative estimate of drug-likeness (QED) is 0.901. The molecule has 3 nitrogen and oxygen atoms in total. The molecule has 0 aliphatic heterocycles. The molecule has 1 heterocycles. The number of aryl methyl sites for hydroxylation is 2. The zero-order valence-electron chi connectivity index (χ0n) is 10.7. The van der Waals surface area contributed by atoms with Crippen LogP contribution < -0.4 is 0 Å². The fourth-order valence-electron chi connectivity index (χ4n) is 2.02. The SMILES string of the molecule is Cn1nccc1CCC(O)Cc1cccc(F)c1F. The Balaban J connectivity index is 1.92. The minimum absolute atomic E-state index is 0.113. The van der Waals surface area contributed by atoms with Gasteiger partial charge < -0.3 is 5.11 Å². The van der Waals surface area contributed by atoms with Crippen molar-refractivity contribution in [3.8, 4) is 0 Å². The van der Waals surface area contributed by atoms with Crippen LogP contribution in [0.1, 0.15) is 17.7 Å². The van der Waals surface area contributed by atoms with Crippen LogP contribution in [-0.2, 0) is 19.9 Å². The Morgan fingerprint density at radius 2 is 2.11 bits per heavy atom. The molecule has 0 aliphatic carbocycles. The van der Waals surface area contributed by atoms with Crippen molar-refractivity contribution in [3.05, 3.63) is 53.4 Å². The van der Waals surface area contributed by atoms with Gasteiger partial charge in [-0.05, 0) is 30.5 Å². The predicted molar refractivity (Wildman–Crippen MR) is 67.6 cm³/mol. The number of nitrogens with zero attached hydrogens (tertiary/aromatic N) is 2. The summed E-state index contributed by atoms with van der Waals surface area (Å²) in [5, 5.41) is 13.9. The first-order valence-electron chi connectivity index (χ1n) is 6.15. The van der Waals surface area contributed by atoms with E-state index in [0.717, 1.165) is 11.8 Å². The lowest BCUT2D eigenvalue weighted by Crippen LogP contribution is -2.14. The van der Waals surface area contributed by atoms with Gasteiger partial charge in [-0.15, -0.1) is 0 Å². The van der Waals surface area contributed by atoms with Gasteiger partial charge >= 0.3 is 0 Å². The van der Waals surface area contributed by atoms with Crippen molar-refractivity contribution in [1.29, 1.82) is 0 Å². The monoisotopic (exact) mass is 266 g/mol. The van der Waals surface area contributed by atoms with Crippen molar-refractivity contribution in [2.45, 2.75) is 25.4 Å². The van der Waals surface area contributed by atoms with E-state index >= 15 is 0 Å². The Bertz CT molecular complexity index is 554. The van der Waals surface area contributed by atoms with Crippen LogP contribution >= 0.6 is 0 Å². The Hall–Kier alpha value is -1.75. The molecule has 0 fully saturated rings. The highest BCUT2D eigenvalue weighted by Crippen LogP contribution is 2.15. The Morgan fingerprint density at radius 3 is 2.79 bits per heavy atom. The van der Waals surface area contributed by atoms with Gasteiger partial charge in [-0.3, -0.25) is 4.68 Å². The zero-order chi connectivity index (χ0) is 13.8. The van der Waals surface area contributed by atoms with Crippen LogP contribution in [0.25, 0.3) is 0 Å². The number of aliphatic hydroxyl groups is 1. The van der Waals surface area contributed by atoms with E-state index in [1.807, 2.05) is 13.1 Å². The van der Waals surface area contributed by atoms with E-state index in [2.05, 4.69) is 5.10 Å². The zero-order valence-corrected chi connectivity index (χ0v) is 10.7. The number of halogens is 2. The molecule has 1 N–H and O–H groups in total. The van der Waals surface area contributed by atoms with Gasteiger partial charge in [0.25, 0.3) is 0 Å². The van der Waals surface area contributed by atoms with E-state index in [9.17, 15) is 13.9 Å². The lowest BCUT2D eigenvalue weighted by atomic mass is 10.0. The van der Waals surface area contributed by atoms with Crippen LogP contribution in [-0.4, -0.2) is 21.0 Å². The van der Waals surface area contributed by atoms with Gasteiger partial charge in [0.15, 0.2) is 11.6 Å². The van der Waals surface area contributed by atoms with Crippen molar-refractivity contribution in [1.82, 2.24) is 9.78 Å². The lowest BCUT2D eigenvalue weighted by molar-refractivity contribution is 0.163. The second-order valence-corrected chi connectivity index (χ2v) is 4.56. The van der Waals surface area contributed by atoms with Crippen molar-refractivity contribution >= 4 is 0 Å². The summed E-state index contributed by atoms with van der Waals surface area (Å²) < 4.78 is 28.2. The normalized spacial score (nSPS) is 12.6.